The lowest BCUT2D eigenvalue weighted by Gasteiger charge is -2.09. The van der Waals surface area contributed by atoms with E-state index in [1.807, 2.05) is 6.92 Å². The van der Waals surface area contributed by atoms with E-state index in [1.165, 1.54) is 0 Å². The van der Waals surface area contributed by atoms with Crippen molar-refractivity contribution in [2.24, 2.45) is 0 Å². The highest BCUT2D eigenvalue weighted by atomic mass is 35.5. The number of rotatable bonds is 5. The topological polar surface area (TPSA) is 63.2 Å². The predicted octanol–water partition coefficient (Wildman–Crippen LogP) is 3.43. The van der Waals surface area contributed by atoms with E-state index in [0.29, 0.717) is 22.2 Å². The Hall–Kier alpha value is -2.27. The van der Waals surface area contributed by atoms with Gasteiger partial charge in [-0.1, -0.05) is 11.6 Å². The number of methoxy groups -OCH3 is 1. The van der Waals surface area contributed by atoms with Gasteiger partial charge in [0.05, 0.1) is 17.8 Å². The number of benzene rings is 1. The molecule has 0 radical (unpaired) electrons. The first-order valence-electron chi connectivity index (χ1n) is 6.49. The number of amides is 1. The van der Waals surface area contributed by atoms with Crippen molar-refractivity contribution in [1.82, 2.24) is 4.98 Å². The average molecular weight is 306 g/mol. The Morgan fingerprint density at radius 3 is 2.86 bits per heavy atom. The minimum Gasteiger partial charge on any atom is -0.497 e. The molecule has 0 saturated heterocycles. The number of carbonyl (C=O) groups is 1. The van der Waals surface area contributed by atoms with Crippen molar-refractivity contribution in [3.05, 3.63) is 47.2 Å². The molecule has 0 fully saturated rings. The van der Waals surface area contributed by atoms with E-state index in [2.05, 4.69) is 15.6 Å². The van der Waals surface area contributed by atoms with Crippen LogP contribution in [0.15, 0.2) is 36.5 Å². The SMILES string of the molecule is CCNc1ccnc(C(=O)Nc2cc(OC)ccc2Cl)c1. The third-order valence-corrected chi connectivity index (χ3v) is 3.12. The number of ether oxygens (including phenoxy) is 1. The molecule has 6 heteroatoms. The summed E-state index contributed by atoms with van der Waals surface area (Å²) in [5, 5.41) is 6.30. The fraction of sp³-hybridized carbons (Fsp3) is 0.200. The summed E-state index contributed by atoms with van der Waals surface area (Å²) >= 11 is 6.06. The summed E-state index contributed by atoms with van der Waals surface area (Å²) in [6.45, 7) is 2.75. The van der Waals surface area contributed by atoms with Crippen LogP contribution in [-0.4, -0.2) is 24.5 Å². The Balaban J connectivity index is 2.19. The molecule has 2 aromatic rings. The maximum Gasteiger partial charge on any atom is 0.274 e. The van der Waals surface area contributed by atoms with E-state index in [1.54, 1.807) is 43.6 Å². The first-order valence-corrected chi connectivity index (χ1v) is 6.86. The van der Waals surface area contributed by atoms with Gasteiger partial charge in [-0.15, -0.1) is 0 Å². The van der Waals surface area contributed by atoms with Crippen LogP contribution in [0, 0.1) is 0 Å². The Morgan fingerprint density at radius 2 is 2.14 bits per heavy atom. The van der Waals surface area contributed by atoms with Crippen LogP contribution >= 0.6 is 11.6 Å². The van der Waals surface area contributed by atoms with Crippen LogP contribution in [0.2, 0.25) is 5.02 Å². The maximum absolute atomic E-state index is 12.2. The number of nitrogens with one attached hydrogen (secondary N) is 2. The van der Waals surface area contributed by atoms with Crippen molar-refractivity contribution in [3.63, 3.8) is 0 Å². The van der Waals surface area contributed by atoms with Crippen molar-refractivity contribution >= 4 is 28.9 Å². The molecule has 1 heterocycles. The van der Waals surface area contributed by atoms with E-state index in [-0.39, 0.29) is 5.91 Å². The zero-order valence-corrected chi connectivity index (χ0v) is 12.6. The standard InChI is InChI=1S/C15H16ClN3O2/c1-3-17-10-6-7-18-14(8-10)15(20)19-13-9-11(21-2)4-5-12(13)16/h4-9H,3H2,1-2H3,(H,17,18)(H,19,20). The number of pyridine rings is 1. The lowest BCUT2D eigenvalue weighted by Crippen LogP contribution is -2.14. The molecule has 2 rings (SSSR count). The minimum absolute atomic E-state index is 0.312. The lowest BCUT2D eigenvalue weighted by molar-refractivity contribution is 0.102. The summed E-state index contributed by atoms with van der Waals surface area (Å²) in [5.41, 5.74) is 1.64. The van der Waals surface area contributed by atoms with Gasteiger partial charge in [-0.2, -0.15) is 0 Å². The molecule has 0 unspecified atom stereocenters. The van der Waals surface area contributed by atoms with Gasteiger partial charge >= 0.3 is 0 Å². The molecule has 21 heavy (non-hydrogen) atoms. The summed E-state index contributed by atoms with van der Waals surface area (Å²) in [6.07, 6.45) is 1.58. The molecule has 0 atom stereocenters. The largest absolute Gasteiger partial charge is 0.497 e. The number of carbonyl (C=O) groups excluding carboxylic acids is 1. The molecule has 0 bridgehead atoms. The fourth-order valence-corrected chi connectivity index (χ4v) is 1.95. The van der Waals surface area contributed by atoms with Gasteiger partial charge in [0.1, 0.15) is 11.4 Å². The molecular formula is C15H16ClN3O2. The second-order valence-corrected chi connectivity index (χ2v) is 4.67. The monoisotopic (exact) mass is 305 g/mol. The van der Waals surface area contributed by atoms with Gasteiger partial charge in [-0.3, -0.25) is 9.78 Å². The number of hydrogen-bond acceptors (Lipinski definition) is 4. The van der Waals surface area contributed by atoms with Gasteiger partial charge in [-0.25, -0.2) is 0 Å². The van der Waals surface area contributed by atoms with Gasteiger partial charge in [0, 0.05) is 24.5 Å². The summed E-state index contributed by atoms with van der Waals surface area (Å²) < 4.78 is 5.11. The number of anilines is 2. The van der Waals surface area contributed by atoms with Crippen molar-refractivity contribution in [2.75, 3.05) is 24.3 Å². The van der Waals surface area contributed by atoms with Crippen LogP contribution in [0.3, 0.4) is 0 Å². The summed E-state index contributed by atoms with van der Waals surface area (Å²) in [7, 11) is 1.55. The molecular weight excluding hydrogens is 290 g/mol. The highest BCUT2D eigenvalue weighted by molar-refractivity contribution is 6.34. The van der Waals surface area contributed by atoms with Crippen molar-refractivity contribution in [1.29, 1.82) is 0 Å². The van der Waals surface area contributed by atoms with E-state index in [0.717, 1.165) is 12.2 Å². The van der Waals surface area contributed by atoms with Gasteiger partial charge in [0.15, 0.2) is 0 Å². The highest BCUT2D eigenvalue weighted by Crippen LogP contribution is 2.27. The molecule has 1 aromatic heterocycles. The zero-order valence-electron chi connectivity index (χ0n) is 11.8. The number of aromatic nitrogens is 1. The molecule has 2 N–H and O–H groups in total. The number of hydrogen-bond donors (Lipinski definition) is 2. The summed E-state index contributed by atoms with van der Waals surface area (Å²) in [4.78, 5) is 16.3. The molecule has 110 valence electrons. The Labute approximate surface area is 128 Å². The van der Waals surface area contributed by atoms with Crippen LogP contribution < -0.4 is 15.4 Å². The predicted molar refractivity (Wildman–Crippen MR) is 84.4 cm³/mol. The van der Waals surface area contributed by atoms with Crippen LogP contribution in [0.5, 0.6) is 5.75 Å². The van der Waals surface area contributed by atoms with Crippen LogP contribution in [-0.2, 0) is 0 Å². The Kier molecular flexibility index (Phi) is 5.00. The smallest absolute Gasteiger partial charge is 0.274 e. The molecule has 0 spiro atoms. The molecule has 0 aliphatic rings. The molecule has 0 saturated carbocycles. The number of halogens is 1. The summed E-state index contributed by atoms with van der Waals surface area (Å²) in [6, 6.07) is 8.54. The van der Waals surface area contributed by atoms with Gasteiger partial charge in [0.2, 0.25) is 0 Å². The molecule has 1 amide bonds. The van der Waals surface area contributed by atoms with Gasteiger partial charge < -0.3 is 15.4 Å². The quantitative estimate of drug-likeness (QED) is 0.888. The third-order valence-electron chi connectivity index (χ3n) is 2.80. The van der Waals surface area contributed by atoms with E-state index in [4.69, 9.17) is 16.3 Å². The average Bonchev–Trinajstić information content (AvgIpc) is 2.50. The molecule has 1 aromatic carbocycles. The van der Waals surface area contributed by atoms with E-state index >= 15 is 0 Å². The second kappa shape index (κ2) is 6.95. The maximum atomic E-state index is 12.2. The molecule has 0 aliphatic carbocycles. The van der Waals surface area contributed by atoms with Crippen molar-refractivity contribution < 1.29 is 9.53 Å². The van der Waals surface area contributed by atoms with Crippen LogP contribution in [0.1, 0.15) is 17.4 Å². The highest BCUT2D eigenvalue weighted by Gasteiger charge is 2.11. The Bertz CT molecular complexity index is 647. The Morgan fingerprint density at radius 1 is 1.33 bits per heavy atom. The second-order valence-electron chi connectivity index (χ2n) is 4.26. The van der Waals surface area contributed by atoms with Crippen molar-refractivity contribution in [3.8, 4) is 5.75 Å². The fourth-order valence-electron chi connectivity index (χ4n) is 1.78. The molecule has 0 aliphatic heterocycles. The van der Waals surface area contributed by atoms with Crippen LogP contribution in [0.4, 0.5) is 11.4 Å². The lowest BCUT2D eigenvalue weighted by atomic mass is 10.2. The third kappa shape index (κ3) is 3.86. The van der Waals surface area contributed by atoms with Gasteiger partial charge in [-0.05, 0) is 31.2 Å². The summed E-state index contributed by atoms with van der Waals surface area (Å²) in [5.74, 6) is 0.286. The van der Waals surface area contributed by atoms with E-state index in [9.17, 15) is 4.79 Å². The number of nitrogens with zero attached hydrogens (tertiary/aromatic N) is 1. The first-order chi connectivity index (χ1) is 10.1. The first kappa shape index (κ1) is 15.1. The van der Waals surface area contributed by atoms with Crippen LogP contribution in [0.25, 0.3) is 0 Å². The minimum atomic E-state index is -0.329. The normalized spacial score (nSPS) is 10.0. The van der Waals surface area contributed by atoms with Gasteiger partial charge in [0.25, 0.3) is 5.91 Å². The molecule has 5 nitrogen and oxygen atoms in total. The zero-order chi connectivity index (χ0) is 15.2. The van der Waals surface area contributed by atoms with Crippen molar-refractivity contribution in [2.45, 2.75) is 6.92 Å². The van der Waals surface area contributed by atoms with E-state index < -0.39 is 0 Å².